The number of guanidine groups is 1. The second-order valence-electron chi connectivity index (χ2n) is 3.50. The lowest BCUT2D eigenvalue weighted by Gasteiger charge is -1.84. The van der Waals surface area contributed by atoms with Crippen LogP contribution in [0.4, 0.5) is 5.95 Å². The average Bonchev–Trinajstić information content (AvgIpc) is 2.82. The lowest BCUT2D eigenvalue weighted by molar-refractivity contribution is 0.386. The van der Waals surface area contributed by atoms with E-state index >= 15 is 0 Å². The van der Waals surface area contributed by atoms with Crippen molar-refractivity contribution >= 4 is 23.5 Å². The number of nitrogens with one attached hydrogen (secondary N) is 1. The largest absolute Gasteiger partial charge is 0.491 e. The monoisotopic (exact) mass is 263 g/mol. The van der Waals surface area contributed by atoms with Crippen LogP contribution >= 0.6 is 11.6 Å². The molecule has 90 valence electrons. The van der Waals surface area contributed by atoms with Gasteiger partial charge in [-0.2, -0.15) is 9.98 Å². The summed E-state index contributed by atoms with van der Waals surface area (Å²) in [6.07, 6.45) is 0. The van der Waals surface area contributed by atoms with Gasteiger partial charge in [0, 0.05) is 5.02 Å². The van der Waals surface area contributed by atoms with Gasteiger partial charge in [-0.25, -0.2) is 9.98 Å². The van der Waals surface area contributed by atoms with E-state index < -0.39 is 11.8 Å². The van der Waals surface area contributed by atoms with Gasteiger partial charge in [-0.15, -0.1) is 0 Å². The third kappa shape index (κ3) is 1.80. The molecule has 7 nitrogen and oxygen atoms in total. The molecule has 1 aliphatic heterocycles. The van der Waals surface area contributed by atoms with E-state index in [-0.39, 0.29) is 11.9 Å². The summed E-state index contributed by atoms with van der Waals surface area (Å²) in [6.45, 7) is 0. The van der Waals surface area contributed by atoms with E-state index in [1.807, 2.05) is 0 Å². The topological polar surface area (TPSA) is 106 Å². The summed E-state index contributed by atoms with van der Waals surface area (Å²) in [5, 5.41) is 20.0. The summed E-state index contributed by atoms with van der Waals surface area (Å²) < 4.78 is 0. The van der Waals surface area contributed by atoms with Crippen LogP contribution in [0.2, 0.25) is 5.02 Å². The van der Waals surface area contributed by atoms with E-state index in [1.54, 1.807) is 18.2 Å². The van der Waals surface area contributed by atoms with Gasteiger partial charge in [-0.3, -0.25) is 4.98 Å². The maximum atomic E-state index is 9.11. The molecule has 3 rings (SSSR count). The summed E-state index contributed by atoms with van der Waals surface area (Å²) in [5.41, 5.74) is 0. The summed E-state index contributed by atoms with van der Waals surface area (Å²) in [6, 6.07) is 5.09. The molecule has 1 aliphatic rings. The number of aliphatic imine (C=N–C) groups is 1. The highest BCUT2D eigenvalue weighted by atomic mass is 35.5. The van der Waals surface area contributed by atoms with Gasteiger partial charge in [0.25, 0.3) is 17.7 Å². The number of nitrogens with zero attached hydrogens (tertiary/aromatic N) is 4. The first-order chi connectivity index (χ1) is 8.61. The molecule has 0 unspecified atom stereocenters. The molecule has 0 saturated heterocycles. The Hall–Kier alpha value is -2.41. The highest BCUT2D eigenvalue weighted by Gasteiger charge is 2.09. The molecule has 0 saturated carbocycles. The van der Waals surface area contributed by atoms with Crippen LogP contribution in [-0.2, 0) is 0 Å². The number of rotatable bonds is 1. The minimum atomic E-state index is -0.520. The lowest BCUT2D eigenvalue weighted by atomic mass is 10.3. The molecule has 8 heteroatoms. The zero-order valence-electron chi connectivity index (χ0n) is 8.79. The molecule has 0 atom stereocenters. The second-order valence-corrected chi connectivity index (χ2v) is 3.94. The number of fused-ring (bicyclic) bond motifs is 1. The molecule has 2 heterocycles. The van der Waals surface area contributed by atoms with Crippen LogP contribution in [0.25, 0.3) is 0 Å². The third-order valence-corrected chi connectivity index (χ3v) is 2.47. The smallest absolute Gasteiger partial charge is 0.276 e. The first-order valence-corrected chi connectivity index (χ1v) is 5.29. The van der Waals surface area contributed by atoms with Crippen molar-refractivity contribution in [2.24, 2.45) is 15.0 Å². The van der Waals surface area contributed by atoms with E-state index in [4.69, 9.17) is 21.8 Å². The Bertz CT molecular complexity index is 761. The molecule has 1 aromatic carbocycles. The van der Waals surface area contributed by atoms with E-state index in [0.717, 1.165) is 0 Å². The summed E-state index contributed by atoms with van der Waals surface area (Å²) >= 11 is 5.83. The van der Waals surface area contributed by atoms with Crippen LogP contribution in [-0.4, -0.2) is 26.1 Å². The Labute approximate surface area is 105 Å². The van der Waals surface area contributed by atoms with Crippen molar-refractivity contribution in [3.05, 3.63) is 33.9 Å². The summed E-state index contributed by atoms with van der Waals surface area (Å²) in [7, 11) is 0. The zero-order chi connectivity index (χ0) is 12.7. The first kappa shape index (κ1) is 10.7. The normalized spacial score (nSPS) is 15.3. The Balaban J connectivity index is 2.06. The molecule has 0 bridgehead atoms. The van der Waals surface area contributed by atoms with Crippen molar-refractivity contribution in [1.82, 2.24) is 9.97 Å². The van der Waals surface area contributed by atoms with Gasteiger partial charge < -0.3 is 10.2 Å². The molecule has 0 fully saturated rings. The quantitative estimate of drug-likeness (QED) is 0.694. The Morgan fingerprint density at radius 2 is 1.94 bits per heavy atom. The first-order valence-electron chi connectivity index (χ1n) is 4.91. The van der Waals surface area contributed by atoms with Gasteiger partial charge in [-0.05, 0) is 18.2 Å². The van der Waals surface area contributed by atoms with Crippen molar-refractivity contribution < 1.29 is 10.2 Å². The van der Waals surface area contributed by atoms with E-state index in [0.29, 0.717) is 15.7 Å². The fraction of sp³-hybridized carbons (Fsp3) is 0. The molecular formula is C10H6ClN5O2. The number of hydrogen-bond acceptors (Lipinski definition) is 4. The highest BCUT2D eigenvalue weighted by Crippen LogP contribution is 2.24. The fourth-order valence-corrected chi connectivity index (χ4v) is 1.63. The number of benzene rings is 1. The van der Waals surface area contributed by atoms with Crippen LogP contribution < -0.4 is 10.7 Å². The Kier molecular flexibility index (Phi) is 2.27. The lowest BCUT2D eigenvalue weighted by Crippen LogP contribution is -2.20. The second kappa shape index (κ2) is 3.81. The van der Waals surface area contributed by atoms with Gasteiger partial charge in [0.2, 0.25) is 5.95 Å². The van der Waals surface area contributed by atoms with Crippen LogP contribution in [0.5, 0.6) is 11.8 Å². The molecule has 18 heavy (non-hydrogen) atoms. The summed E-state index contributed by atoms with van der Waals surface area (Å²) in [4.78, 5) is 18.1. The Morgan fingerprint density at radius 1 is 1.17 bits per heavy atom. The number of halogens is 1. The van der Waals surface area contributed by atoms with E-state index in [2.05, 4.69) is 24.9 Å². The van der Waals surface area contributed by atoms with Gasteiger partial charge in [0.1, 0.15) is 0 Å². The van der Waals surface area contributed by atoms with Crippen molar-refractivity contribution in [2.45, 2.75) is 0 Å². The van der Waals surface area contributed by atoms with Gasteiger partial charge >= 0.3 is 0 Å². The average molecular weight is 264 g/mol. The molecule has 3 N–H and O–H groups in total. The SMILES string of the molecule is Oc1nc(/N=C2\N=c3ccc(Cl)cc3=N2)[nH]c1O. The zero-order valence-corrected chi connectivity index (χ0v) is 9.55. The molecular weight excluding hydrogens is 258 g/mol. The van der Waals surface area contributed by atoms with Crippen molar-refractivity contribution in [1.29, 1.82) is 0 Å². The molecule has 2 aromatic rings. The Morgan fingerprint density at radius 3 is 2.67 bits per heavy atom. The summed E-state index contributed by atoms with van der Waals surface area (Å²) in [5.74, 6) is -0.784. The number of H-pyrrole nitrogens is 1. The molecule has 0 aliphatic carbocycles. The highest BCUT2D eigenvalue weighted by molar-refractivity contribution is 6.30. The predicted molar refractivity (Wildman–Crippen MR) is 62.8 cm³/mol. The molecule has 0 amide bonds. The van der Waals surface area contributed by atoms with Gasteiger partial charge in [0.15, 0.2) is 0 Å². The van der Waals surface area contributed by atoms with Crippen LogP contribution in [0, 0.1) is 0 Å². The number of aromatic nitrogens is 2. The van der Waals surface area contributed by atoms with Crippen molar-refractivity contribution in [3.8, 4) is 11.8 Å². The third-order valence-electron chi connectivity index (χ3n) is 2.24. The van der Waals surface area contributed by atoms with Crippen LogP contribution in [0.3, 0.4) is 0 Å². The van der Waals surface area contributed by atoms with Crippen LogP contribution in [0.1, 0.15) is 0 Å². The number of aromatic amines is 1. The van der Waals surface area contributed by atoms with Gasteiger partial charge in [-0.1, -0.05) is 11.6 Å². The van der Waals surface area contributed by atoms with Crippen molar-refractivity contribution in [3.63, 3.8) is 0 Å². The predicted octanol–water partition coefficient (Wildman–Crippen LogP) is 0.415. The maximum absolute atomic E-state index is 9.11. The standard InChI is InChI=1S/C10H6ClN5O2/c11-4-1-2-5-6(3-4)13-9(12-5)16-10-14-7(17)8(18)15-10/h1-3,17-18H,(H,14,15)/b16-9+. The van der Waals surface area contributed by atoms with Crippen LogP contribution in [0.15, 0.2) is 33.2 Å². The van der Waals surface area contributed by atoms with Crippen molar-refractivity contribution in [2.75, 3.05) is 0 Å². The molecule has 0 spiro atoms. The maximum Gasteiger partial charge on any atom is 0.276 e. The fourth-order valence-electron chi connectivity index (χ4n) is 1.46. The number of aromatic hydroxyl groups is 2. The molecule has 1 aromatic heterocycles. The van der Waals surface area contributed by atoms with E-state index in [1.165, 1.54) is 0 Å². The number of hydrogen-bond donors (Lipinski definition) is 3. The minimum absolute atomic E-state index is 0.0198. The van der Waals surface area contributed by atoms with E-state index in [9.17, 15) is 0 Å². The minimum Gasteiger partial charge on any atom is -0.491 e. The number of imidazole rings is 1. The van der Waals surface area contributed by atoms with Gasteiger partial charge in [0.05, 0.1) is 10.7 Å². The molecule has 0 radical (unpaired) electrons.